The minimum Gasteiger partial charge on any atom is -0.497 e. The van der Waals surface area contributed by atoms with Crippen LogP contribution in [0.2, 0.25) is 0 Å². The highest BCUT2D eigenvalue weighted by Gasteiger charge is 2.13. The van der Waals surface area contributed by atoms with Crippen molar-refractivity contribution in [2.24, 2.45) is 0 Å². The maximum Gasteiger partial charge on any atom is 0.373 e. The van der Waals surface area contributed by atoms with Crippen LogP contribution in [-0.2, 0) is 11.3 Å². The van der Waals surface area contributed by atoms with Gasteiger partial charge in [0.2, 0.25) is 0 Å². The Hall–Kier alpha value is -1.55. The van der Waals surface area contributed by atoms with Gasteiger partial charge in [0.05, 0.1) is 12.7 Å². The van der Waals surface area contributed by atoms with Gasteiger partial charge in [0.25, 0.3) is 0 Å². The first-order chi connectivity index (χ1) is 7.72. The average molecular weight is 224 g/mol. The smallest absolute Gasteiger partial charge is 0.373 e. The molecule has 1 aromatic carbocycles. The molecule has 88 valence electrons. The van der Waals surface area contributed by atoms with E-state index >= 15 is 0 Å². The van der Waals surface area contributed by atoms with E-state index in [1.165, 1.54) is 0 Å². The van der Waals surface area contributed by atoms with Crippen LogP contribution in [0.15, 0.2) is 18.2 Å². The molecule has 0 atom stereocenters. The Kier molecular flexibility index (Phi) is 4.79. The fourth-order valence-corrected chi connectivity index (χ4v) is 1.52. The molecule has 1 aromatic rings. The number of hydrogen-bond acceptors (Lipinski definition) is 4. The topological polar surface area (TPSA) is 55.8 Å². The zero-order chi connectivity index (χ0) is 12.0. The highest BCUT2D eigenvalue weighted by Crippen LogP contribution is 2.20. The summed E-state index contributed by atoms with van der Waals surface area (Å²) in [7, 11) is 1.57. The minimum atomic E-state index is -0.728. The zero-order valence-electron chi connectivity index (χ0n) is 9.53. The Morgan fingerprint density at radius 1 is 1.44 bits per heavy atom. The molecular formula is C12H16O4. The fraction of sp³-hybridized carbons (Fsp3) is 0.417. The molecule has 0 amide bonds. The summed E-state index contributed by atoms with van der Waals surface area (Å²) in [6.45, 7) is 2.07. The molecule has 0 fully saturated rings. The van der Waals surface area contributed by atoms with Gasteiger partial charge in [-0.1, -0.05) is 13.3 Å². The van der Waals surface area contributed by atoms with Gasteiger partial charge in [-0.15, -0.1) is 0 Å². The van der Waals surface area contributed by atoms with Crippen LogP contribution in [0.1, 0.15) is 35.7 Å². The van der Waals surface area contributed by atoms with Crippen molar-refractivity contribution in [2.45, 2.75) is 26.2 Å². The first-order valence-corrected chi connectivity index (χ1v) is 5.25. The molecule has 0 aliphatic heterocycles. The summed E-state index contributed by atoms with van der Waals surface area (Å²) >= 11 is 0. The second-order valence-corrected chi connectivity index (χ2v) is 3.51. The lowest BCUT2D eigenvalue weighted by molar-refractivity contribution is -0.182. The fourth-order valence-electron chi connectivity index (χ4n) is 1.52. The van der Waals surface area contributed by atoms with Gasteiger partial charge in [0.15, 0.2) is 0 Å². The van der Waals surface area contributed by atoms with E-state index in [9.17, 15) is 4.79 Å². The second kappa shape index (κ2) is 6.12. The predicted octanol–water partition coefficient (Wildman–Crippen LogP) is 2.67. The lowest BCUT2D eigenvalue weighted by Gasteiger charge is -2.08. The molecule has 4 nitrogen and oxygen atoms in total. The molecule has 1 N–H and O–H groups in total. The largest absolute Gasteiger partial charge is 0.497 e. The molecule has 0 heterocycles. The number of carbonyl (C=O) groups excluding carboxylic acids is 1. The summed E-state index contributed by atoms with van der Waals surface area (Å²) in [4.78, 5) is 15.0. The summed E-state index contributed by atoms with van der Waals surface area (Å²) < 4.78 is 5.09. The number of hydrogen-bond donors (Lipinski definition) is 1. The van der Waals surface area contributed by atoms with E-state index in [1.54, 1.807) is 25.3 Å². The average Bonchev–Trinajstić information content (AvgIpc) is 2.34. The van der Waals surface area contributed by atoms with Crippen LogP contribution in [-0.4, -0.2) is 18.3 Å². The molecule has 0 aliphatic carbocycles. The lowest BCUT2D eigenvalue weighted by Crippen LogP contribution is -2.06. The second-order valence-electron chi connectivity index (χ2n) is 3.51. The van der Waals surface area contributed by atoms with Crippen molar-refractivity contribution in [1.82, 2.24) is 0 Å². The number of aryl methyl sites for hydroxylation is 1. The summed E-state index contributed by atoms with van der Waals surface area (Å²) in [5, 5.41) is 8.38. The van der Waals surface area contributed by atoms with Gasteiger partial charge < -0.3 is 4.74 Å². The first-order valence-electron chi connectivity index (χ1n) is 5.25. The third kappa shape index (κ3) is 2.97. The van der Waals surface area contributed by atoms with Crippen molar-refractivity contribution in [3.63, 3.8) is 0 Å². The zero-order valence-corrected chi connectivity index (χ0v) is 9.53. The Labute approximate surface area is 94.7 Å². The van der Waals surface area contributed by atoms with Crippen LogP contribution >= 0.6 is 0 Å². The normalized spacial score (nSPS) is 9.94. The van der Waals surface area contributed by atoms with Crippen molar-refractivity contribution < 1.29 is 19.7 Å². The predicted molar refractivity (Wildman–Crippen MR) is 59.7 cm³/mol. The Morgan fingerprint density at radius 3 is 2.75 bits per heavy atom. The molecule has 0 aliphatic rings. The van der Waals surface area contributed by atoms with Crippen molar-refractivity contribution in [1.29, 1.82) is 0 Å². The molecule has 0 saturated heterocycles. The molecule has 0 saturated carbocycles. The Bertz CT molecular complexity index is 360. The number of ether oxygens (including phenoxy) is 1. The standard InChI is InChI=1S/C12H16O4/c1-3-4-5-9-8-10(15-2)6-7-11(9)12(13)16-14/h6-8,14H,3-5H2,1-2H3. The maximum absolute atomic E-state index is 11.3. The van der Waals surface area contributed by atoms with E-state index < -0.39 is 5.97 Å². The van der Waals surface area contributed by atoms with Crippen LogP contribution in [0.5, 0.6) is 5.75 Å². The molecule has 0 spiro atoms. The number of benzene rings is 1. The number of methoxy groups -OCH3 is 1. The lowest BCUT2D eigenvalue weighted by atomic mass is 10.0. The van der Waals surface area contributed by atoms with Gasteiger partial charge in [-0.2, -0.15) is 5.26 Å². The van der Waals surface area contributed by atoms with E-state index in [4.69, 9.17) is 9.99 Å². The number of rotatable bonds is 5. The van der Waals surface area contributed by atoms with E-state index in [1.807, 2.05) is 0 Å². The van der Waals surface area contributed by atoms with Crippen LogP contribution in [0.25, 0.3) is 0 Å². The minimum absolute atomic E-state index is 0.386. The van der Waals surface area contributed by atoms with Gasteiger partial charge in [0.1, 0.15) is 5.75 Å². The Morgan fingerprint density at radius 2 is 2.19 bits per heavy atom. The molecule has 0 aromatic heterocycles. The summed E-state index contributed by atoms with van der Waals surface area (Å²) in [5.41, 5.74) is 1.22. The molecular weight excluding hydrogens is 208 g/mol. The molecule has 4 heteroatoms. The molecule has 1 rings (SSSR count). The molecule has 16 heavy (non-hydrogen) atoms. The highest BCUT2D eigenvalue weighted by atomic mass is 17.1. The first kappa shape index (κ1) is 12.5. The summed E-state index contributed by atoms with van der Waals surface area (Å²) in [6, 6.07) is 5.06. The third-order valence-corrected chi connectivity index (χ3v) is 2.41. The van der Waals surface area contributed by atoms with Gasteiger partial charge in [0, 0.05) is 0 Å². The van der Waals surface area contributed by atoms with Crippen molar-refractivity contribution >= 4 is 5.97 Å². The molecule has 0 unspecified atom stereocenters. The van der Waals surface area contributed by atoms with E-state index in [0.29, 0.717) is 11.3 Å². The van der Waals surface area contributed by atoms with Gasteiger partial charge in [-0.05, 0) is 36.6 Å². The highest BCUT2D eigenvalue weighted by molar-refractivity contribution is 5.90. The Balaban J connectivity index is 3.00. The quantitative estimate of drug-likeness (QED) is 0.617. The van der Waals surface area contributed by atoms with E-state index in [-0.39, 0.29) is 0 Å². The van der Waals surface area contributed by atoms with Crippen molar-refractivity contribution in [3.05, 3.63) is 29.3 Å². The van der Waals surface area contributed by atoms with Crippen molar-refractivity contribution in [2.75, 3.05) is 7.11 Å². The number of carbonyl (C=O) groups is 1. The summed E-state index contributed by atoms with van der Waals surface area (Å²) in [6.07, 6.45) is 2.77. The van der Waals surface area contributed by atoms with E-state index in [2.05, 4.69) is 11.8 Å². The maximum atomic E-state index is 11.3. The van der Waals surface area contributed by atoms with Crippen LogP contribution in [0, 0.1) is 0 Å². The van der Waals surface area contributed by atoms with Gasteiger partial charge >= 0.3 is 5.97 Å². The summed E-state index contributed by atoms with van der Waals surface area (Å²) in [5.74, 6) is -0.0330. The number of unbranched alkanes of at least 4 members (excludes halogenated alkanes) is 1. The van der Waals surface area contributed by atoms with Crippen LogP contribution < -0.4 is 4.74 Å². The molecule has 0 bridgehead atoms. The van der Waals surface area contributed by atoms with E-state index in [0.717, 1.165) is 24.8 Å². The molecule has 0 radical (unpaired) electrons. The third-order valence-electron chi connectivity index (χ3n) is 2.41. The monoisotopic (exact) mass is 224 g/mol. The van der Waals surface area contributed by atoms with Crippen LogP contribution in [0.4, 0.5) is 0 Å². The van der Waals surface area contributed by atoms with Crippen LogP contribution in [0.3, 0.4) is 0 Å². The van der Waals surface area contributed by atoms with Crippen molar-refractivity contribution in [3.8, 4) is 5.75 Å². The van der Waals surface area contributed by atoms with Gasteiger partial charge in [-0.3, -0.25) is 4.89 Å². The SMILES string of the molecule is CCCCc1cc(OC)ccc1C(=O)OO. The van der Waals surface area contributed by atoms with Gasteiger partial charge in [-0.25, -0.2) is 4.79 Å².